The van der Waals surface area contributed by atoms with Gasteiger partial charge in [-0.25, -0.2) is 4.98 Å². The van der Waals surface area contributed by atoms with Crippen molar-refractivity contribution in [2.24, 2.45) is 7.05 Å². The van der Waals surface area contributed by atoms with Crippen molar-refractivity contribution in [1.82, 2.24) is 19.5 Å². The molecule has 0 bridgehead atoms. The summed E-state index contributed by atoms with van der Waals surface area (Å²) in [6.07, 6.45) is 4.31. The third-order valence-corrected chi connectivity index (χ3v) is 4.23. The van der Waals surface area contributed by atoms with Crippen LogP contribution in [0.2, 0.25) is 0 Å². The van der Waals surface area contributed by atoms with Crippen molar-refractivity contribution < 1.29 is 0 Å². The largest absolute Gasteiger partial charge is 0.330 e. The Morgan fingerprint density at radius 3 is 2.71 bits per heavy atom. The molecule has 0 N–H and O–H groups in total. The van der Waals surface area contributed by atoms with Gasteiger partial charge in [0.2, 0.25) is 0 Å². The number of aryl methyl sites for hydroxylation is 2. The van der Waals surface area contributed by atoms with E-state index in [0.29, 0.717) is 12.0 Å². The van der Waals surface area contributed by atoms with Gasteiger partial charge in [0.25, 0.3) is 0 Å². The molecule has 4 rings (SSSR count). The first kappa shape index (κ1) is 14.3. The third kappa shape index (κ3) is 2.29. The van der Waals surface area contributed by atoms with Crippen LogP contribution in [0.15, 0.2) is 42.7 Å². The zero-order valence-corrected chi connectivity index (χ0v) is 13.5. The van der Waals surface area contributed by atoms with Crippen LogP contribution in [0.1, 0.15) is 22.6 Å². The molecule has 0 fully saturated rings. The standard InChI is InChI=1S/C19H15N5/c1-12-3-5-14(21-10-12)8-18-23-17-11-22-16-6-4-13(9-20)7-15(16)19(17)24(18)2/h3-7,10-11H,8H2,1-2H3. The molecule has 5 nitrogen and oxygen atoms in total. The van der Waals surface area contributed by atoms with E-state index in [1.165, 1.54) is 0 Å². The second-order valence-electron chi connectivity index (χ2n) is 5.93. The third-order valence-electron chi connectivity index (χ3n) is 4.23. The summed E-state index contributed by atoms with van der Waals surface area (Å²) < 4.78 is 2.07. The molecule has 0 atom stereocenters. The topological polar surface area (TPSA) is 67.4 Å². The predicted octanol–water partition coefficient (Wildman–Crippen LogP) is 3.29. The van der Waals surface area contributed by atoms with E-state index in [4.69, 9.17) is 10.2 Å². The Hall–Kier alpha value is -3.26. The van der Waals surface area contributed by atoms with Crippen LogP contribution in [0.25, 0.3) is 21.9 Å². The number of hydrogen-bond donors (Lipinski definition) is 0. The van der Waals surface area contributed by atoms with Gasteiger partial charge in [0, 0.05) is 30.7 Å². The van der Waals surface area contributed by atoms with Gasteiger partial charge in [0.1, 0.15) is 11.3 Å². The summed E-state index contributed by atoms with van der Waals surface area (Å²) in [5.41, 5.74) is 5.45. The zero-order chi connectivity index (χ0) is 16.7. The first-order valence-corrected chi connectivity index (χ1v) is 7.71. The Bertz CT molecular complexity index is 1100. The van der Waals surface area contributed by atoms with Crippen LogP contribution in [0.4, 0.5) is 0 Å². The van der Waals surface area contributed by atoms with Gasteiger partial charge in [-0.2, -0.15) is 5.26 Å². The lowest BCUT2D eigenvalue weighted by molar-refractivity contribution is 0.833. The van der Waals surface area contributed by atoms with Gasteiger partial charge in [-0.15, -0.1) is 0 Å². The second kappa shape index (κ2) is 5.43. The van der Waals surface area contributed by atoms with E-state index in [9.17, 15) is 0 Å². The molecule has 116 valence electrons. The number of aromatic nitrogens is 4. The molecule has 0 aliphatic rings. The number of benzene rings is 1. The number of rotatable bonds is 2. The lowest BCUT2D eigenvalue weighted by Gasteiger charge is -2.04. The number of imidazole rings is 1. The van der Waals surface area contributed by atoms with Gasteiger partial charge < -0.3 is 4.57 Å². The minimum atomic E-state index is 0.625. The summed E-state index contributed by atoms with van der Waals surface area (Å²) in [5.74, 6) is 0.929. The fraction of sp³-hybridized carbons (Fsp3) is 0.158. The molecule has 0 saturated heterocycles. The number of nitrogens with zero attached hydrogens (tertiary/aromatic N) is 5. The molecule has 4 aromatic rings. The van der Waals surface area contributed by atoms with Crippen molar-refractivity contribution in [3.63, 3.8) is 0 Å². The summed E-state index contributed by atoms with van der Waals surface area (Å²) in [6.45, 7) is 2.02. The molecule has 1 aromatic carbocycles. The van der Waals surface area contributed by atoms with Crippen molar-refractivity contribution >= 4 is 21.9 Å². The molecule has 0 radical (unpaired) electrons. The van der Waals surface area contributed by atoms with Crippen molar-refractivity contribution in [2.75, 3.05) is 0 Å². The first-order valence-electron chi connectivity index (χ1n) is 7.71. The van der Waals surface area contributed by atoms with Crippen molar-refractivity contribution in [3.8, 4) is 6.07 Å². The van der Waals surface area contributed by atoms with E-state index in [1.807, 2.05) is 38.4 Å². The molecule has 0 saturated carbocycles. The number of pyridine rings is 2. The highest BCUT2D eigenvalue weighted by molar-refractivity contribution is 6.02. The quantitative estimate of drug-likeness (QED) is 0.569. The van der Waals surface area contributed by atoms with Crippen molar-refractivity contribution in [1.29, 1.82) is 5.26 Å². The Morgan fingerprint density at radius 1 is 1.08 bits per heavy atom. The van der Waals surface area contributed by atoms with Crippen LogP contribution in [-0.4, -0.2) is 19.5 Å². The molecule has 0 spiro atoms. The molecule has 0 aliphatic heterocycles. The predicted molar refractivity (Wildman–Crippen MR) is 92.5 cm³/mol. The lowest BCUT2D eigenvalue weighted by atomic mass is 10.1. The van der Waals surface area contributed by atoms with Crippen LogP contribution in [0.3, 0.4) is 0 Å². The number of fused-ring (bicyclic) bond motifs is 3. The van der Waals surface area contributed by atoms with Crippen LogP contribution in [-0.2, 0) is 13.5 Å². The second-order valence-corrected chi connectivity index (χ2v) is 5.93. The van der Waals surface area contributed by atoms with Crippen molar-refractivity contribution in [2.45, 2.75) is 13.3 Å². The Morgan fingerprint density at radius 2 is 1.96 bits per heavy atom. The summed E-state index contributed by atoms with van der Waals surface area (Å²) in [6, 6.07) is 11.8. The Labute approximate surface area is 139 Å². The van der Waals surface area contributed by atoms with Crippen LogP contribution >= 0.6 is 0 Å². The number of nitriles is 1. The molecule has 0 unspecified atom stereocenters. The maximum atomic E-state index is 9.16. The van der Waals surface area contributed by atoms with E-state index >= 15 is 0 Å². The van der Waals surface area contributed by atoms with Crippen LogP contribution < -0.4 is 0 Å². The van der Waals surface area contributed by atoms with Gasteiger partial charge in [-0.3, -0.25) is 9.97 Å². The lowest BCUT2D eigenvalue weighted by Crippen LogP contribution is -2.01. The molecule has 3 aromatic heterocycles. The van der Waals surface area contributed by atoms with Gasteiger partial charge in [-0.05, 0) is 36.8 Å². The summed E-state index contributed by atoms with van der Waals surface area (Å²) in [7, 11) is 2.00. The molecule has 3 heterocycles. The summed E-state index contributed by atoms with van der Waals surface area (Å²) in [5, 5.41) is 10.1. The first-order chi connectivity index (χ1) is 11.7. The monoisotopic (exact) mass is 313 g/mol. The highest BCUT2D eigenvalue weighted by Crippen LogP contribution is 2.25. The Kier molecular flexibility index (Phi) is 3.24. The highest BCUT2D eigenvalue weighted by Gasteiger charge is 2.13. The van der Waals surface area contributed by atoms with Gasteiger partial charge in [0.05, 0.1) is 28.9 Å². The molecule has 24 heavy (non-hydrogen) atoms. The molecule has 5 heteroatoms. The fourth-order valence-corrected chi connectivity index (χ4v) is 2.94. The van der Waals surface area contributed by atoms with Crippen LogP contribution in [0, 0.1) is 18.3 Å². The smallest absolute Gasteiger partial charge is 0.115 e. The van der Waals surface area contributed by atoms with Gasteiger partial charge in [0.15, 0.2) is 0 Å². The van der Waals surface area contributed by atoms with E-state index in [0.717, 1.165) is 39.0 Å². The molecular weight excluding hydrogens is 298 g/mol. The minimum absolute atomic E-state index is 0.625. The average molecular weight is 313 g/mol. The summed E-state index contributed by atoms with van der Waals surface area (Å²) in [4.78, 5) is 13.6. The summed E-state index contributed by atoms with van der Waals surface area (Å²) >= 11 is 0. The Balaban J connectivity index is 1.89. The maximum absolute atomic E-state index is 9.16. The average Bonchev–Trinajstić information content (AvgIpc) is 2.92. The van der Waals surface area contributed by atoms with Gasteiger partial charge >= 0.3 is 0 Å². The van der Waals surface area contributed by atoms with Crippen molar-refractivity contribution in [3.05, 3.63) is 65.4 Å². The molecular formula is C19H15N5. The van der Waals surface area contributed by atoms with Gasteiger partial charge in [-0.1, -0.05) is 6.07 Å². The minimum Gasteiger partial charge on any atom is -0.330 e. The normalized spacial score (nSPS) is 11.0. The zero-order valence-electron chi connectivity index (χ0n) is 13.5. The fourth-order valence-electron chi connectivity index (χ4n) is 2.94. The van der Waals surface area contributed by atoms with E-state index in [2.05, 4.69) is 26.7 Å². The van der Waals surface area contributed by atoms with Crippen LogP contribution in [0.5, 0.6) is 0 Å². The highest BCUT2D eigenvalue weighted by atomic mass is 15.1. The molecule has 0 amide bonds. The van der Waals surface area contributed by atoms with E-state index in [1.54, 1.807) is 12.3 Å². The number of hydrogen-bond acceptors (Lipinski definition) is 4. The van der Waals surface area contributed by atoms with E-state index < -0.39 is 0 Å². The molecule has 0 aliphatic carbocycles. The van der Waals surface area contributed by atoms with E-state index in [-0.39, 0.29) is 0 Å². The maximum Gasteiger partial charge on any atom is 0.115 e. The SMILES string of the molecule is Cc1ccc(Cc2nc3cnc4ccc(C#N)cc4c3n2C)nc1.